The molecule has 3 N–H and O–H groups in total. The highest BCUT2D eigenvalue weighted by atomic mass is 32.1. The van der Waals surface area contributed by atoms with Crippen molar-refractivity contribution in [3.63, 3.8) is 0 Å². The number of nitrogens with two attached hydrogens (primary N) is 1. The lowest BCUT2D eigenvalue weighted by Crippen LogP contribution is -2.37. The van der Waals surface area contributed by atoms with Crippen LogP contribution in [0, 0.1) is 0 Å². The van der Waals surface area contributed by atoms with Crippen molar-refractivity contribution in [1.82, 2.24) is 15.3 Å². The zero-order valence-corrected chi connectivity index (χ0v) is 13.7. The van der Waals surface area contributed by atoms with Gasteiger partial charge in [0.1, 0.15) is 5.01 Å². The molecule has 2 heterocycles. The SMILES string of the molecule is NCCCC(NCc1nccs1)C1CCCc2cccnc21. The molecular weight excluding hydrogens is 292 g/mol. The normalized spacial score (nSPS) is 18.9. The first kappa shape index (κ1) is 15.6. The summed E-state index contributed by atoms with van der Waals surface area (Å²) in [6.07, 6.45) is 9.57. The molecule has 2 atom stereocenters. The van der Waals surface area contributed by atoms with Crippen molar-refractivity contribution in [2.45, 2.75) is 50.6 Å². The molecule has 0 aliphatic heterocycles. The average molecular weight is 316 g/mol. The number of nitrogens with zero attached hydrogens (tertiary/aromatic N) is 2. The summed E-state index contributed by atoms with van der Waals surface area (Å²) in [5.74, 6) is 0.497. The van der Waals surface area contributed by atoms with E-state index in [4.69, 9.17) is 10.7 Å². The first-order chi connectivity index (χ1) is 10.9. The number of thiazole rings is 1. The lowest BCUT2D eigenvalue weighted by molar-refractivity contribution is 0.359. The topological polar surface area (TPSA) is 63.8 Å². The summed E-state index contributed by atoms with van der Waals surface area (Å²) in [6.45, 7) is 1.59. The predicted octanol–water partition coefficient (Wildman–Crippen LogP) is 2.86. The van der Waals surface area contributed by atoms with Crippen LogP contribution in [0.25, 0.3) is 0 Å². The van der Waals surface area contributed by atoms with Crippen LogP contribution in [0.1, 0.15) is 47.9 Å². The molecule has 0 spiro atoms. The molecule has 1 aliphatic carbocycles. The van der Waals surface area contributed by atoms with E-state index in [1.807, 2.05) is 17.8 Å². The van der Waals surface area contributed by atoms with Gasteiger partial charge in [0.05, 0.1) is 0 Å². The zero-order chi connectivity index (χ0) is 15.2. The van der Waals surface area contributed by atoms with Crippen LogP contribution in [0.3, 0.4) is 0 Å². The number of hydrogen-bond donors (Lipinski definition) is 2. The summed E-state index contributed by atoms with van der Waals surface area (Å²) in [7, 11) is 0. The molecule has 5 heteroatoms. The standard InChI is InChI=1S/C17H24N4S/c18-8-2-7-15(21-12-16-19-10-11-22-16)14-6-1-4-13-5-3-9-20-17(13)14/h3,5,9-11,14-15,21H,1-2,4,6-8,12,18H2. The molecule has 2 aromatic heterocycles. The summed E-state index contributed by atoms with van der Waals surface area (Å²) < 4.78 is 0. The molecule has 4 nitrogen and oxygen atoms in total. The predicted molar refractivity (Wildman–Crippen MR) is 90.9 cm³/mol. The van der Waals surface area contributed by atoms with Crippen molar-refractivity contribution in [3.8, 4) is 0 Å². The van der Waals surface area contributed by atoms with E-state index in [1.54, 1.807) is 11.3 Å². The molecule has 0 radical (unpaired) electrons. The maximum absolute atomic E-state index is 5.74. The Balaban J connectivity index is 1.74. The molecule has 0 amide bonds. The third-order valence-electron chi connectivity index (χ3n) is 4.44. The summed E-state index contributed by atoms with van der Waals surface area (Å²) >= 11 is 1.71. The van der Waals surface area contributed by atoms with Gasteiger partial charge < -0.3 is 11.1 Å². The summed E-state index contributed by atoms with van der Waals surface area (Å²) in [5.41, 5.74) is 8.46. The fourth-order valence-electron chi connectivity index (χ4n) is 3.38. The second kappa shape index (κ2) is 7.81. The van der Waals surface area contributed by atoms with Gasteiger partial charge in [0.2, 0.25) is 0 Å². The van der Waals surface area contributed by atoms with E-state index in [9.17, 15) is 0 Å². The third kappa shape index (κ3) is 3.72. The molecule has 3 rings (SSSR count). The maximum atomic E-state index is 5.74. The first-order valence-electron chi connectivity index (χ1n) is 8.14. The number of aromatic nitrogens is 2. The van der Waals surface area contributed by atoms with Crippen molar-refractivity contribution in [1.29, 1.82) is 0 Å². The molecule has 0 fully saturated rings. The Kier molecular flexibility index (Phi) is 5.53. The maximum Gasteiger partial charge on any atom is 0.106 e. The fourth-order valence-corrected chi connectivity index (χ4v) is 3.95. The lowest BCUT2D eigenvalue weighted by atomic mass is 9.80. The van der Waals surface area contributed by atoms with E-state index in [1.165, 1.54) is 24.1 Å². The van der Waals surface area contributed by atoms with E-state index in [2.05, 4.69) is 22.4 Å². The van der Waals surface area contributed by atoms with Crippen molar-refractivity contribution < 1.29 is 0 Å². The van der Waals surface area contributed by atoms with Crippen LogP contribution in [0.2, 0.25) is 0 Å². The van der Waals surface area contributed by atoms with Crippen LogP contribution >= 0.6 is 11.3 Å². The van der Waals surface area contributed by atoms with Crippen LogP contribution in [-0.4, -0.2) is 22.6 Å². The highest BCUT2D eigenvalue weighted by Gasteiger charge is 2.28. The highest BCUT2D eigenvalue weighted by molar-refractivity contribution is 7.09. The largest absolute Gasteiger partial charge is 0.330 e. The molecule has 22 heavy (non-hydrogen) atoms. The van der Waals surface area contributed by atoms with Gasteiger partial charge in [-0.25, -0.2) is 4.98 Å². The molecule has 1 aliphatic rings. The second-order valence-corrected chi connectivity index (χ2v) is 6.87. The number of fused-ring (bicyclic) bond motifs is 1. The molecule has 2 unspecified atom stereocenters. The van der Waals surface area contributed by atoms with Crippen LogP contribution in [0.4, 0.5) is 0 Å². The quantitative estimate of drug-likeness (QED) is 0.824. The molecule has 0 saturated heterocycles. The first-order valence-corrected chi connectivity index (χ1v) is 9.02. The van der Waals surface area contributed by atoms with E-state index >= 15 is 0 Å². The minimum absolute atomic E-state index is 0.432. The van der Waals surface area contributed by atoms with Crippen molar-refractivity contribution in [2.75, 3.05) is 6.54 Å². The monoisotopic (exact) mass is 316 g/mol. The van der Waals surface area contributed by atoms with Gasteiger partial charge in [-0.15, -0.1) is 11.3 Å². The Labute approximate surface area is 136 Å². The van der Waals surface area contributed by atoms with E-state index in [0.29, 0.717) is 12.0 Å². The van der Waals surface area contributed by atoms with Gasteiger partial charge in [0.25, 0.3) is 0 Å². The summed E-state index contributed by atoms with van der Waals surface area (Å²) in [6, 6.07) is 4.72. The van der Waals surface area contributed by atoms with Crippen molar-refractivity contribution in [3.05, 3.63) is 46.2 Å². The minimum Gasteiger partial charge on any atom is -0.330 e. The van der Waals surface area contributed by atoms with Gasteiger partial charge in [-0.05, 0) is 50.3 Å². The molecule has 118 valence electrons. The molecule has 0 bridgehead atoms. The fraction of sp³-hybridized carbons (Fsp3) is 0.529. The van der Waals surface area contributed by atoms with Crippen molar-refractivity contribution >= 4 is 11.3 Å². The Morgan fingerprint density at radius 1 is 1.36 bits per heavy atom. The van der Waals surface area contributed by atoms with Crippen molar-refractivity contribution in [2.24, 2.45) is 5.73 Å². The van der Waals surface area contributed by atoms with Gasteiger partial charge in [0.15, 0.2) is 0 Å². The molecular formula is C17H24N4S. The zero-order valence-electron chi connectivity index (χ0n) is 12.9. The van der Waals surface area contributed by atoms with Crippen LogP contribution < -0.4 is 11.1 Å². The average Bonchev–Trinajstić information content (AvgIpc) is 3.08. The van der Waals surface area contributed by atoms with Gasteiger partial charge in [-0.3, -0.25) is 4.98 Å². The molecule has 0 aromatic carbocycles. The number of rotatable bonds is 7. The van der Waals surface area contributed by atoms with E-state index in [-0.39, 0.29) is 0 Å². The molecule has 2 aromatic rings. The Bertz CT molecular complexity index is 570. The van der Waals surface area contributed by atoms with Gasteiger partial charge in [-0.1, -0.05) is 6.07 Å². The molecule has 0 saturated carbocycles. The summed E-state index contributed by atoms with van der Waals surface area (Å²) in [5, 5.41) is 6.90. The Morgan fingerprint density at radius 3 is 3.14 bits per heavy atom. The van der Waals surface area contributed by atoms with E-state index in [0.717, 1.165) is 37.4 Å². The second-order valence-electron chi connectivity index (χ2n) is 5.89. The number of pyridine rings is 1. The smallest absolute Gasteiger partial charge is 0.106 e. The number of hydrogen-bond acceptors (Lipinski definition) is 5. The minimum atomic E-state index is 0.432. The van der Waals surface area contributed by atoms with Crippen LogP contribution in [0.5, 0.6) is 0 Å². The Hall–Kier alpha value is -1.30. The lowest BCUT2D eigenvalue weighted by Gasteiger charge is -2.32. The van der Waals surface area contributed by atoms with Gasteiger partial charge >= 0.3 is 0 Å². The number of aryl methyl sites for hydroxylation is 1. The highest BCUT2D eigenvalue weighted by Crippen LogP contribution is 2.34. The van der Waals surface area contributed by atoms with Gasteiger partial charge in [0, 0.05) is 42.0 Å². The van der Waals surface area contributed by atoms with Crippen LogP contribution in [-0.2, 0) is 13.0 Å². The van der Waals surface area contributed by atoms with Crippen LogP contribution in [0.15, 0.2) is 29.9 Å². The number of nitrogens with one attached hydrogen (secondary N) is 1. The van der Waals surface area contributed by atoms with E-state index < -0.39 is 0 Å². The third-order valence-corrected chi connectivity index (χ3v) is 5.22. The van der Waals surface area contributed by atoms with Gasteiger partial charge in [-0.2, -0.15) is 0 Å². The summed E-state index contributed by atoms with van der Waals surface area (Å²) in [4.78, 5) is 9.06. The Morgan fingerprint density at radius 2 is 2.32 bits per heavy atom.